The second-order valence-corrected chi connectivity index (χ2v) is 8.98. The Balaban J connectivity index is 1.63. The average Bonchev–Trinajstić information content (AvgIpc) is 3.34. The van der Waals surface area contributed by atoms with Crippen molar-refractivity contribution in [3.63, 3.8) is 0 Å². The van der Waals surface area contributed by atoms with Crippen LogP contribution in [-0.4, -0.2) is 65.6 Å². The lowest BCUT2D eigenvalue weighted by Gasteiger charge is -2.11. The molecule has 2 N–H and O–H groups in total. The van der Waals surface area contributed by atoms with E-state index in [-0.39, 0.29) is 18.4 Å². The Morgan fingerprint density at radius 3 is 2.73 bits per heavy atom. The van der Waals surface area contributed by atoms with E-state index in [4.69, 9.17) is 21.3 Å². The molecule has 0 aliphatic heterocycles. The van der Waals surface area contributed by atoms with E-state index in [9.17, 15) is 9.59 Å². The van der Waals surface area contributed by atoms with Gasteiger partial charge in [0.1, 0.15) is 0 Å². The van der Waals surface area contributed by atoms with Gasteiger partial charge in [-0.3, -0.25) is 9.59 Å². The normalized spacial score (nSPS) is 11.2. The topological polar surface area (TPSA) is 101 Å². The Morgan fingerprint density at radius 2 is 1.97 bits per heavy atom. The zero-order valence-electron chi connectivity index (χ0n) is 18.4. The maximum atomic E-state index is 12.5. The van der Waals surface area contributed by atoms with Crippen molar-refractivity contribution in [3.8, 4) is 0 Å². The summed E-state index contributed by atoms with van der Waals surface area (Å²) in [5.74, 6) is 0.0699. The molecule has 0 saturated heterocycles. The first-order valence-electron chi connectivity index (χ1n) is 10.2. The average molecular weight is 487 g/mol. The Labute approximate surface area is 199 Å². The van der Waals surface area contributed by atoms with Crippen LogP contribution in [0.3, 0.4) is 0 Å². The number of fused-ring (bicyclic) bond motifs is 2. The van der Waals surface area contributed by atoms with Gasteiger partial charge in [0.2, 0.25) is 11.9 Å². The van der Waals surface area contributed by atoms with Crippen molar-refractivity contribution >= 4 is 67.1 Å². The number of carbonyl (C=O) groups is 2. The molecule has 2 aromatic carbocycles. The lowest BCUT2D eigenvalue weighted by Crippen LogP contribution is -2.36. The molecule has 4 aromatic rings. The van der Waals surface area contributed by atoms with Crippen LogP contribution < -0.4 is 10.6 Å². The summed E-state index contributed by atoms with van der Waals surface area (Å²) in [6, 6.07) is 10.8. The van der Waals surface area contributed by atoms with Crippen molar-refractivity contribution in [2.75, 3.05) is 39.7 Å². The molecule has 0 unspecified atom stereocenters. The highest BCUT2D eigenvalue weighted by atomic mass is 35.5. The first kappa shape index (κ1) is 23.0. The number of amides is 2. The van der Waals surface area contributed by atoms with Crippen molar-refractivity contribution in [2.45, 2.75) is 6.54 Å². The molecule has 0 spiro atoms. The molecule has 0 aliphatic carbocycles. The first-order chi connectivity index (χ1) is 15.9. The number of nitrogens with one attached hydrogen (secondary N) is 2. The minimum absolute atomic E-state index is 0.0689. The summed E-state index contributed by atoms with van der Waals surface area (Å²) in [5.41, 5.74) is 2.76. The van der Waals surface area contributed by atoms with E-state index in [0.29, 0.717) is 40.3 Å². The number of rotatable bonds is 8. The third-order valence-corrected chi connectivity index (χ3v) is 6.17. The fraction of sp³-hybridized carbons (Fsp3) is 0.273. The van der Waals surface area contributed by atoms with Crippen molar-refractivity contribution in [2.24, 2.45) is 0 Å². The van der Waals surface area contributed by atoms with Crippen LogP contribution in [0.5, 0.6) is 0 Å². The minimum atomic E-state index is -0.337. The fourth-order valence-corrected chi connectivity index (χ4v) is 4.37. The van der Waals surface area contributed by atoms with Crippen LogP contribution in [0.25, 0.3) is 21.3 Å². The third-order valence-electron chi connectivity index (χ3n) is 5.00. The molecule has 0 saturated carbocycles. The summed E-state index contributed by atoms with van der Waals surface area (Å²) >= 11 is 7.57. The molecular formula is C22H23ClN6O3S. The smallest absolute Gasteiger partial charge is 0.251 e. The van der Waals surface area contributed by atoms with E-state index in [1.807, 2.05) is 22.8 Å². The quantitative estimate of drug-likeness (QED) is 0.395. The van der Waals surface area contributed by atoms with Crippen molar-refractivity contribution in [1.29, 1.82) is 0 Å². The minimum Gasteiger partial charge on any atom is -0.383 e. The first-order valence-corrected chi connectivity index (χ1v) is 11.4. The summed E-state index contributed by atoms with van der Waals surface area (Å²) in [6.07, 6.45) is 0. The van der Waals surface area contributed by atoms with E-state index in [1.165, 1.54) is 16.2 Å². The van der Waals surface area contributed by atoms with Crippen LogP contribution in [-0.2, 0) is 16.1 Å². The number of imidazole rings is 1. The molecule has 0 fully saturated rings. The Bertz CT molecular complexity index is 1330. The van der Waals surface area contributed by atoms with Crippen LogP contribution in [0, 0.1) is 0 Å². The zero-order chi connectivity index (χ0) is 23.5. The Morgan fingerprint density at radius 1 is 1.15 bits per heavy atom. The second-order valence-electron chi connectivity index (χ2n) is 7.51. The molecule has 0 atom stereocenters. The predicted molar refractivity (Wildman–Crippen MR) is 131 cm³/mol. The number of hydrogen-bond donors (Lipinski definition) is 2. The summed E-state index contributed by atoms with van der Waals surface area (Å²) in [4.78, 5) is 35.0. The molecule has 0 bridgehead atoms. The van der Waals surface area contributed by atoms with Gasteiger partial charge in [0.25, 0.3) is 5.91 Å². The highest BCUT2D eigenvalue weighted by Crippen LogP contribution is 2.31. The molecule has 9 nitrogen and oxygen atoms in total. The molecule has 0 aliphatic rings. The van der Waals surface area contributed by atoms with Gasteiger partial charge in [0.05, 0.1) is 34.4 Å². The standard InChI is InChI=1S/C22H23ClN6O3S/c1-28(2)19(30)12-24-20(31)13-4-7-17-16(10-13)25-21(29(17)8-9-32-3)27-22-26-15-6-5-14(23)11-18(15)33-22/h4-7,10-11H,8-9,12H2,1-3H3,(H,24,31)(H,25,26,27). The van der Waals surface area contributed by atoms with Gasteiger partial charge in [-0.2, -0.15) is 0 Å². The van der Waals surface area contributed by atoms with Gasteiger partial charge in [0, 0.05) is 38.3 Å². The van der Waals surface area contributed by atoms with Crippen molar-refractivity contribution < 1.29 is 14.3 Å². The van der Waals surface area contributed by atoms with E-state index in [0.717, 1.165) is 15.7 Å². The predicted octanol–water partition coefficient (Wildman–Crippen LogP) is 3.51. The number of methoxy groups -OCH3 is 1. The maximum absolute atomic E-state index is 12.5. The molecule has 2 aromatic heterocycles. The second kappa shape index (κ2) is 9.74. The van der Waals surface area contributed by atoms with E-state index < -0.39 is 0 Å². The molecule has 33 heavy (non-hydrogen) atoms. The van der Waals surface area contributed by atoms with Crippen LogP contribution in [0.4, 0.5) is 11.1 Å². The molecule has 2 heterocycles. The highest BCUT2D eigenvalue weighted by molar-refractivity contribution is 7.22. The summed E-state index contributed by atoms with van der Waals surface area (Å²) < 4.78 is 8.21. The zero-order valence-corrected chi connectivity index (χ0v) is 20.0. The largest absolute Gasteiger partial charge is 0.383 e. The van der Waals surface area contributed by atoms with Gasteiger partial charge >= 0.3 is 0 Å². The molecule has 172 valence electrons. The molecule has 11 heteroatoms. The van der Waals surface area contributed by atoms with Crippen LogP contribution in [0.2, 0.25) is 5.02 Å². The number of aromatic nitrogens is 3. The molecular weight excluding hydrogens is 464 g/mol. The number of benzene rings is 2. The van der Waals surface area contributed by atoms with Crippen LogP contribution in [0.1, 0.15) is 10.4 Å². The monoisotopic (exact) mass is 486 g/mol. The maximum Gasteiger partial charge on any atom is 0.251 e. The number of carbonyl (C=O) groups excluding carboxylic acids is 2. The molecule has 0 radical (unpaired) electrons. The summed E-state index contributed by atoms with van der Waals surface area (Å²) in [5, 5.41) is 7.27. The van der Waals surface area contributed by atoms with E-state index in [1.54, 1.807) is 39.4 Å². The van der Waals surface area contributed by atoms with Crippen molar-refractivity contribution in [3.05, 3.63) is 47.0 Å². The van der Waals surface area contributed by atoms with Gasteiger partial charge in [0.15, 0.2) is 5.13 Å². The highest BCUT2D eigenvalue weighted by Gasteiger charge is 2.16. The van der Waals surface area contributed by atoms with Gasteiger partial charge in [-0.25, -0.2) is 9.97 Å². The summed E-state index contributed by atoms with van der Waals surface area (Å²) in [7, 11) is 4.92. The molecule has 4 rings (SSSR count). The lowest BCUT2D eigenvalue weighted by molar-refractivity contribution is -0.127. The van der Waals surface area contributed by atoms with Crippen molar-refractivity contribution in [1.82, 2.24) is 24.8 Å². The van der Waals surface area contributed by atoms with Gasteiger partial charge in [-0.05, 0) is 36.4 Å². The number of halogens is 1. The number of anilines is 2. The number of thiazole rings is 1. The number of nitrogens with zero attached hydrogens (tertiary/aromatic N) is 4. The SMILES string of the molecule is COCCn1c(Nc2nc3ccc(Cl)cc3s2)nc2cc(C(=O)NCC(=O)N(C)C)ccc21. The Kier molecular flexibility index (Phi) is 6.77. The lowest BCUT2D eigenvalue weighted by atomic mass is 10.2. The number of hydrogen-bond acceptors (Lipinski definition) is 7. The Hall–Kier alpha value is -3.21. The van der Waals surface area contributed by atoms with Crippen LogP contribution >= 0.6 is 22.9 Å². The van der Waals surface area contributed by atoms with Crippen LogP contribution in [0.15, 0.2) is 36.4 Å². The summed E-state index contributed by atoms with van der Waals surface area (Å²) in [6.45, 7) is 0.986. The number of ether oxygens (including phenoxy) is 1. The fourth-order valence-electron chi connectivity index (χ4n) is 3.24. The molecule has 2 amide bonds. The van der Waals surface area contributed by atoms with Gasteiger partial charge in [-0.1, -0.05) is 22.9 Å². The van der Waals surface area contributed by atoms with E-state index >= 15 is 0 Å². The van der Waals surface area contributed by atoms with Gasteiger partial charge < -0.3 is 24.8 Å². The van der Waals surface area contributed by atoms with E-state index in [2.05, 4.69) is 15.6 Å². The number of likely N-dealkylation sites (N-methyl/N-ethyl adjacent to an activating group) is 1. The van der Waals surface area contributed by atoms with Gasteiger partial charge in [-0.15, -0.1) is 0 Å². The third kappa shape index (κ3) is 5.08.